The number of carbonyl (C=O) groups excluding carboxylic acids is 4. The summed E-state index contributed by atoms with van der Waals surface area (Å²) in [5.41, 5.74) is 16.5. The summed E-state index contributed by atoms with van der Waals surface area (Å²) in [4.78, 5) is 58.6. The van der Waals surface area contributed by atoms with Crippen molar-refractivity contribution in [1.82, 2.24) is 35.1 Å². The number of hydrogen-bond acceptors (Lipinski definition) is 14. The maximum Gasteiger partial charge on any atom is 0.272 e. The van der Waals surface area contributed by atoms with E-state index in [-0.39, 0.29) is 36.0 Å². The van der Waals surface area contributed by atoms with E-state index < -0.39 is 24.4 Å². The van der Waals surface area contributed by atoms with E-state index in [4.69, 9.17) is 25.7 Å². The second-order valence-electron chi connectivity index (χ2n) is 15.1. The average Bonchev–Trinajstić information content (AvgIpc) is 4.03. The summed E-state index contributed by atoms with van der Waals surface area (Å²) in [5.74, 6) is -1.15. The highest BCUT2D eigenvalue weighted by Crippen LogP contribution is 2.44. The molecule has 0 saturated carbocycles. The number of fused-ring (bicyclic) bond motifs is 2. The van der Waals surface area contributed by atoms with E-state index in [1.165, 1.54) is 7.11 Å². The molecule has 20 heteroatoms. The molecule has 4 amide bonds. The van der Waals surface area contributed by atoms with E-state index >= 15 is 0 Å². The van der Waals surface area contributed by atoms with Crippen LogP contribution in [0.3, 0.4) is 0 Å². The molecule has 0 aliphatic carbocycles. The Morgan fingerprint density at radius 1 is 0.774 bits per heavy atom. The maximum atomic E-state index is 13.9. The highest BCUT2D eigenvalue weighted by Gasteiger charge is 2.36. The van der Waals surface area contributed by atoms with Gasteiger partial charge in [-0.2, -0.15) is 10.2 Å². The molecule has 2 aromatic carbocycles. The third kappa shape index (κ3) is 9.25. The van der Waals surface area contributed by atoms with Crippen LogP contribution in [-0.4, -0.2) is 120 Å². The lowest BCUT2D eigenvalue weighted by Gasteiger charge is -2.29. The number of nitrogens with one attached hydrogen (secondary N) is 4. The number of aromatic nitrogens is 4. The van der Waals surface area contributed by atoms with Crippen LogP contribution < -0.4 is 52.0 Å². The Kier molecular flexibility index (Phi) is 13.2. The summed E-state index contributed by atoms with van der Waals surface area (Å²) in [6.45, 7) is 13.3. The van der Waals surface area contributed by atoms with Crippen molar-refractivity contribution in [1.29, 1.82) is 0 Å². The second kappa shape index (κ2) is 18.9. The molecule has 3 aliphatic heterocycles. The van der Waals surface area contributed by atoms with Gasteiger partial charge in [0, 0.05) is 56.9 Å². The maximum absolute atomic E-state index is 13.9. The Bertz CT molecular complexity index is 2350. The van der Waals surface area contributed by atoms with Crippen LogP contribution in [0.15, 0.2) is 48.6 Å². The first-order valence-electron chi connectivity index (χ1n) is 20.7. The number of hydrogen-bond donors (Lipinski definition) is 6. The lowest BCUT2D eigenvalue weighted by atomic mass is 10.1. The van der Waals surface area contributed by atoms with Gasteiger partial charge in [-0.3, -0.25) is 33.4 Å². The number of amides is 4. The third-order valence-electron chi connectivity index (χ3n) is 10.9. The Balaban J connectivity index is 1.18. The molecule has 7 rings (SSSR count). The molecule has 3 aliphatic rings. The van der Waals surface area contributed by atoms with Crippen LogP contribution in [0.1, 0.15) is 73.3 Å². The van der Waals surface area contributed by atoms with Crippen molar-refractivity contribution in [3.63, 3.8) is 0 Å². The third-order valence-corrected chi connectivity index (χ3v) is 10.9. The smallest absolute Gasteiger partial charge is 0.272 e. The number of morpholine rings is 1. The second-order valence-corrected chi connectivity index (χ2v) is 15.1. The van der Waals surface area contributed by atoms with E-state index in [0.29, 0.717) is 89.9 Å². The van der Waals surface area contributed by atoms with Gasteiger partial charge in [-0.25, -0.2) is 0 Å². The zero-order valence-electron chi connectivity index (χ0n) is 35.7. The van der Waals surface area contributed by atoms with Crippen LogP contribution in [0.2, 0.25) is 0 Å². The molecule has 8 N–H and O–H groups in total. The number of rotatable bonds is 18. The molecule has 0 bridgehead atoms. The van der Waals surface area contributed by atoms with Gasteiger partial charge in [0.2, 0.25) is 11.8 Å². The number of benzene rings is 2. The molecule has 2 aromatic heterocycles. The first kappa shape index (κ1) is 43.3. The molecule has 20 nitrogen and oxygen atoms in total. The van der Waals surface area contributed by atoms with Gasteiger partial charge < -0.3 is 56.7 Å². The first-order valence-corrected chi connectivity index (χ1v) is 20.7. The minimum absolute atomic E-state index is 0.235. The van der Waals surface area contributed by atoms with Crippen molar-refractivity contribution in [2.24, 2.45) is 11.5 Å². The number of ether oxygens (including phenoxy) is 3. The van der Waals surface area contributed by atoms with Gasteiger partial charge >= 0.3 is 0 Å². The van der Waals surface area contributed by atoms with E-state index in [9.17, 15) is 19.2 Å². The number of anilines is 4. The molecule has 0 radical (unpaired) electrons. The van der Waals surface area contributed by atoms with E-state index in [1.54, 1.807) is 45.8 Å². The van der Waals surface area contributed by atoms with Crippen molar-refractivity contribution in [3.8, 4) is 11.5 Å². The van der Waals surface area contributed by atoms with Gasteiger partial charge in [-0.05, 0) is 70.5 Å². The van der Waals surface area contributed by atoms with Crippen molar-refractivity contribution in [3.05, 3.63) is 82.5 Å². The summed E-state index contributed by atoms with van der Waals surface area (Å²) >= 11 is 0. The number of carbonyl (C=O) groups is 4. The number of primary amides is 2. The van der Waals surface area contributed by atoms with Gasteiger partial charge in [0.05, 0.1) is 49.7 Å². The van der Waals surface area contributed by atoms with Crippen molar-refractivity contribution in [2.75, 3.05) is 80.1 Å². The molecule has 0 spiro atoms. The zero-order chi connectivity index (χ0) is 44.1. The molecule has 2 unspecified atom stereocenters. The van der Waals surface area contributed by atoms with Gasteiger partial charge in [0.1, 0.15) is 34.3 Å². The average molecular weight is 854 g/mol. The van der Waals surface area contributed by atoms with Crippen LogP contribution in [0.25, 0.3) is 0 Å². The summed E-state index contributed by atoms with van der Waals surface area (Å²) in [6.07, 6.45) is 3.04. The van der Waals surface area contributed by atoms with E-state index in [2.05, 4.69) is 36.4 Å². The zero-order valence-corrected chi connectivity index (χ0v) is 35.7. The van der Waals surface area contributed by atoms with E-state index in [1.807, 2.05) is 49.6 Å². The molecular formula is C42H55N13O7. The van der Waals surface area contributed by atoms with Gasteiger partial charge in [-0.1, -0.05) is 12.2 Å². The topological polar surface area (TPSA) is 241 Å². The van der Waals surface area contributed by atoms with Crippen LogP contribution in [0.5, 0.6) is 11.5 Å². The lowest BCUT2D eigenvalue weighted by Crippen LogP contribution is -2.50. The van der Waals surface area contributed by atoms with Crippen LogP contribution in [0, 0.1) is 13.8 Å². The van der Waals surface area contributed by atoms with Crippen LogP contribution in [0.4, 0.5) is 22.7 Å². The number of aryl methyl sites for hydroxylation is 4. The number of nitrogens with two attached hydrogens (primary N) is 2. The van der Waals surface area contributed by atoms with Gasteiger partial charge in [0.15, 0.2) is 12.6 Å². The molecule has 1 fully saturated rings. The van der Waals surface area contributed by atoms with Crippen molar-refractivity contribution >= 4 is 46.4 Å². The predicted molar refractivity (Wildman–Crippen MR) is 233 cm³/mol. The lowest BCUT2D eigenvalue weighted by molar-refractivity contribution is 0.0358. The summed E-state index contributed by atoms with van der Waals surface area (Å²) in [5, 5.41) is 21.8. The van der Waals surface area contributed by atoms with Crippen LogP contribution >= 0.6 is 0 Å². The fourth-order valence-electron chi connectivity index (χ4n) is 7.91. The minimum atomic E-state index is -0.776. The molecule has 5 heterocycles. The minimum Gasteiger partial charge on any atom is -0.494 e. The highest BCUT2D eigenvalue weighted by molar-refractivity contribution is 6.00. The monoisotopic (exact) mass is 853 g/mol. The molecule has 330 valence electrons. The van der Waals surface area contributed by atoms with Gasteiger partial charge in [-0.15, -0.1) is 0 Å². The quantitative estimate of drug-likeness (QED) is 0.0622. The Morgan fingerprint density at radius 3 is 1.73 bits per heavy atom. The molecule has 4 aromatic rings. The molecular weight excluding hydrogens is 799 g/mol. The largest absolute Gasteiger partial charge is 0.494 e. The summed E-state index contributed by atoms with van der Waals surface area (Å²) in [7, 11) is 1.50. The molecule has 62 heavy (non-hydrogen) atoms. The van der Waals surface area contributed by atoms with Gasteiger partial charge in [0.25, 0.3) is 11.8 Å². The molecule has 1 saturated heterocycles. The highest BCUT2D eigenvalue weighted by atomic mass is 16.5. The van der Waals surface area contributed by atoms with Crippen molar-refractivity contribution < 1.29 is 33.4 Å². The summed E-state index contributed by atoms with van der Waals surface area (Å²) < 4.78 is 20.9. The normalized spacial score (nSPS) is 17.0. The standard InChI is InChI=1S/C42H55N13O7/c1-6-54-31(19-25(3)49-54)39(58)47-41-45-29-21-27(37(43)56)23-33(60-5)35(29)52(41)12-8-9-13-53-36-30(46-42(53)48-40(59)32-20-26(4)50-55(32)7-2)22-28(38(44)57)24-34(36)62-16-10-11-51-14-17-61-18-15-51/h8-9,19-24,41-42,45-46H,6-7,10-18H2,1-5H3,(H2,43,56)(H2,44,57)(H,47,58)(H,48,59)/b9-8+. The number of methoxy groups -OCH3 is 1. The van der Waals surface area contributed by atoms with Crippen molar-refractivity contribution in [2.45, 2.75) is 59.8 Å². The summed E-state index contributed by atoms with van der Waals surface area (Å²) in [6, 6.07) is 9.92. The Hall–Kier alpha value is -6.80. The fourth-order valence-corrected chi connectivity index (χ4v) is 7.91. The predicted octanol–water partition coefficient (Wildman–Crippen LogP) is 2.19. The SMILES string of the molecule is CCn1nc(C)cc1C(=O)NC1Nc2cc(C(N)=O)cc(OC)c2N1C/C=C/CN1c2c(cc(C(N)=O)cc2OCCCN2CCOCC2)NC1NC(=O)c1cc(C)nn1CC. The first-order chi connectivity index (χ1) is 29.9. The van der Waals surface area contributed by atoms with E-state index in [0.717, 1.165) is 26.1 Å². The Labute approximate surface area is 359 Å². The fraction of sp³-hybridized carbons (Fsp3) is 0.429. The number of nitrogens with zero attached hydrogens (tertiary/aromatic N) is 7. The molecule has 2 atom stereocenters. The van der Waals surface area contributed by atoms with Crippen LogP contribution in [-0.2, 0) is 17.8 Å². The Morgan fingerprint density at radius 2 is 1.26 bits per heavy atom.